The van der Waals surface area contributed by atoms with Gasteiger partial charge >= 0.3 is 6.03 Å². The molecule has 0 fully saturated rings. The highest BCUT2D eigenvalue weighted by molar-refractivity contribution is 7.21. The average molecular weight is 465 g/mol. The second-order valence-electron chi connectivity index (χ2n) is 7.85. The number of nitrogens with one attached hydrogen (secondary N) is 2. The largest absolute Gasteiger partial charge is 0.334 e. The number of aromatic nitrogens is 2. The Hall–Kier alpha value is -2.97. The average Bonchev–Trinajstić information content (AvgIpc) is 3.53. The molecule has 164 valence electrons. The maximum absolute atomic E-state index is 12.9. The third-order valence-corrected chi connectivity index (χ3v) is 8.24. The first-order valence-corrected chi connectivity index (χ1v) is 12.5. The SMILES string of the molecule is CCC(=O)c1c(NC(=O)NCc2c(-n3cccc3)sc3cnccc23)sc2c1CCCC2. The molecule has 2 N–H and O–H groups in total. The summed E-state index contributed by atoms with van der Waals surface area (Å²) < 4.78 is 3.14. The Morgan fingerprint density at radius 1 is 1.16 bits per heavy atom. The molecule has 0 aliphatic heterocycles. The second kappa shape index (κ2) is 8.88. The fourth-order valence-corrected chi connectivity index (χ4v) is 6.74. The van der Waals surface area contributed by atoms with E-state index < -0.39 is 0 Å². The van der Waals surface area contributed by atoms with Crippen LogP contribution in [0.15, 0.2) is 43.0 Å². The van der Waals surface area contributed by atoms with Crippen LogP contribution in [0.2, 0.25) is 0 Å². The summed E-state index contributed by atoms with van der Waals surface area (Å²) in [5.74, 6) is 0.103. The lowest BCUT2D eigenvalue weighted by Crippen LogP contribution is -2.28. The number of Topliss-reactive ketones (excluding diaryl/α,β-unsaturated/α-hetero) is 1. The smallest absolute Gasteiger partial charge is 0.320 e. The normalized spacial score (nSPS) is 13.2. The molecule has 4 heterocycles. The summed E-state index contributed by atoms with van der Waals surface area (Å²) in [5, 5.41) is 8.82. The van der Waals surface area contributed by atoms with Gasteiger partial charge in [0.05, 0.1) is 10.3 Å². The molecule has 1 aliphatic carbocycles. The summed E-state index contributed by atoms with van der Waals surface area (Å²) in [5.41, 5.74) is 2.92. The van der Waals surface area contributed by atoms with Gasteiger partial charge in [0.1, 0.15) is 10.0 Å². The van der Waals surface area contributed by atoms with Crippen LogP contribution in [-0.2, 0) is 19.4 Å². The van der Waals surface area contributed by atoms with Crippen molar-refractivity contribution in [2.45, 2.75) is 45.6 Å². The van der Waals surface area contributed by atoms with Crippen molar-refractivity contribution in [3.8, 4) is 5.00 Å². The van der Waals surface area contributed by atoms with Gasteiger partial charge < -0.3 is 9.88 Å². The maximum atomic E-state index is 12.9. The Balaban J connectivity index is 1.39. The number of nitrogens with zero attached hydrogens (tertiary/aromatic N) is 2. The van der Waals surface area contributed by atoms with E-state index in [1.165, 1.54) is 4.88 Å². The van der Waals surface area contributed by atoms with Crippen LogP contribution in [0.1, 0.15) is 52.5 Å². The summed E-state index contributed by atoms with van der Waals surface area (Å²) >= 11 is 3.21. The van der Waals surface area contributed by atoms with Crippen molar-refractivity contribution < 1.29 is 9.59 Å². The molecule has 2 amide bonds. The topological polar surface area (TPSA) is 76.0 Å². The van der Waals surface area contributed by atoms with Crippen molar-refractivity contribution >= 4 is 49.6 Å². The molecule has 0 spiro atoms. The van der Waals surface area contributed by atoms with E-state index in [9.17, 15) is 9.59 Å². The van der Waals surface area contributed by atoms with Crippen LogP contribution in [0, 0.1) is 0 Å². The molecule has 0 bridgehead atoms. The number of hydrogen-bond acceptors (Lipinski definition) is 5. The Morgan fingerprint density at radius 2 is 1.97 bits per heavy atom. The number of carbonyl (C=O) groups excluding carboxylic acids is 2. The summed E-state index contributed by atoms with van der Waals surface area (Å²) in [6.07, 6.45) is 12.2. The predicted molar refractivity (Wildman–Crippen MR) is 130 cm³/mol. The number of thiophene rings is 2. The first-order valence-electron chi connectivity index (χ1n) is 10.9. The zero-order valence-electron chi connectivity index (χ0n) is 17.8. The van der Waals surface area contributed by atoms with E-state index in [0.29, 0.717) is 18.0 Å². The van der Waals surface area contributed by atoms with Crippen LogP contribution in [0.5, 0.6) is 0 Å². The highest BCUT2D eigenvalue weighted by Crippen LogP contribution is 2.39. The maximum Gasteiger partial charge on any atom is 0.320 e. The van der Waals surface area contributed by atoms with E-state index in [2.05, 4.69) is 20.2 Å². The minimum atomic E-state index is -0.291. The van der Waals surface area contributed by atoms with Crippen LogP contribution < -0.4 is 10.6 Å². The minimum Gasteiger partial charge on any atom is -0.334 e. The third-order valence-electron chi connectivity index (χ3n) is 5.84. The molecule has 0 radical (unpaired) electrons. The third kappa shape index (κ3) is 3.84. The molecular formula is C24H24N4O2S2. The predicted octanol–water partition coefficient (Wildman–Crippen LogP) is 5.94. The summed E-state index contributed by atoms with van der Waals surface area (Å²) in [6.45, 7) is 2.25. The molecule has 4 aromatic heterocycles. The molecular weight excluding hydrogens is 440 g/mol. The minimum absolute atomic E-state index is 0.103. The molecule has 0 saturated heterocycles. The summed E-state index contributed by atoms with van der Waals surface area (Å²) in [7, 11) is 0. The van der Waals surface area contributed by atoms with Crippen molar-refractivity contribution in [2.24, 2.45) is 0 Å². The highest BCUT2D eigenvalue weighted by atomic mass is 32.1. The van der Waals surface area contributed by atoms with Crippen LogP contribution in [0.25, 0.3) is 15.1 Å². The number of pyridine rings is 1. The molecule has 0 aromatic carbocycles. The van der Waals surface area contributed by atoms with E-state index in [1.807, 2.05) is 43.7 Å². The van der Waals surface area contributed by atoms with Crippen molar-refractivity contribution in [3.05, 3.63) is 64.6 Å². The van der Waals surface area contributed by atoms with Crippen molar-refractivity contribution in [3.63, 3.8) is 0 Å². The monoisotopic (exact) mass is 464 g/mol. The lowest BCUT2D eigenvalue weighted by Gasteiger charge is -2.12. The number of rotatable bonds is 6. The number of hydrogen-bond donors (Lipinski definition) is 2. The number of fused-ring (bicyclic) bond motifs is 2. The molecule has 4 aromatic rings. The summed E-state index contributed by atoms with van der Waals surface area (Å²) in [6, 6.07) is 5.66. The van der Waals surface area contributed by atoms with E-state index in [-0.39, 0.29) is 11.8 Å². The fraction of sp³-hybridized carbons (Fsp3) is 0.292. The van der Waals surface area contributed by atoms with Crippen LogP contribution >= 0.6 is 22.7 Å². The number of carbonyl (C=O) groups is 2. The van der Waals surface area contributed by atoms with Crippen LogP contribution in [0.3, 0.4) is 0 Å². The molecule has 0 atom stereocenters. The van der Waals surface area contributed by atoms with E-state index in [4.69, 9.17) is 0 Å². The van der Waals surface area contributed by atoms with Crippen LogP contribution in [0.4, 0.5) is 9.80 Å². The van der Waals surface area contributed by atoms with Gasteiger partial charge in [0, 0.05) is 53.6 Å². The summed E-state index contributed by atoms with van der Waals surface area (Å²) in [4.78, 5) is 31.0. The number of urea groups is 1. The van der Waals surface area contributed by atoms with Crippen molar-refractivity contribution in [1.29, 1.82) is 0 Å². The molecule has 6 nitrogen and oxygen atoms in total. The molecule has 32 heavy (non-hydrogen) atoms. The quantitative estimate of drug-likeness (QED) is 0.347. The second-order valence-corrected chi connectivity index (χ2v) is 9.98. The Kier molecular flexibility index (Phi) is 5.80. The number of ketones is 1. The van der Waals surface area contributed by atoms with E-state index >= 15 is 0 Å². The standard InChI is InChI=1S/C24H24N4O2S2/c1-2-18(29)21-16-7-3-4-8-19(16)31-22(21)27-24(30)26-13-17-15-9-10-25-14-20(15)32-23(17)28-11-5-6-12-28/h5-6,9-12,14H,2-4,7-8,13H2,1H3,(H2,26,27,30). The van der Waals surface area contributed by atoms with Gasteiger partial charge in [0.15, 0.2) is 5.78 Å². The first-order chi connectivity index (χ1) is 15.7. The molecule has 1 aliphatic rings. The van der Waals surface area contributed by atoms with Crippen LogP contribution in [-0.4, -0.2) is 21.4 Å². The molecule has 5 rings (SSSR count). The lowest BCUT2D eigenvalue weighted by molar-refractivity contribution is 0.0988. The van der Waals surface area contributed by atoms with Crippen molar-refractivity contribution in [2.75, 3.05) is 5.32 Å². The van der Waals surface area contributed by atoms with Gasteiger partial charge in [-0.05, 0) is 49.4 Å². The van der Waals surface area contributed by atoms with Gasteiger partial charge in [0.2, 0.25) is 0 Å². The number of anilines is 1. The zero-order chi connectivity index (χ0) is 22.1. The molecule has 0 unspecified atom stereocenters. The number of amides is 2. The Morgan fingerprint density at radius 3 is 2.78 bits per heavy atom. The molecule has 0 saturated carbocycles. The highest BCUT2D eigenvalue weighted by Gasteiger charge is 2.25. The fourth-order valence-electron chi connectivity index (χ4n) is 4.28. The lowest BCUT2D eigenvalue weighted by atomic mass is 9.93. The Labute approximate surface area is 194 Å². The van der Waals surface area contributed by atoms with Gasteiger partial charge in [0.25, 0.3) is 0 Å². The van der Waals surface area contributed by atoms with Crippen molar-refractivity contribution in [1.82, 2.24) is 14.9 Å². The van der Waals surface area contributed by atoms with Gasteiger partial charge in [-0.2, -0.15) is 0 Å². The van der Waals surface area contributed by atoms with Gasteiger partial charge in [-0.15, -0.1) is 22.7 Å². The van der Waals surface area contributed by atoms with Gasteiger partial charge in [-0.1, -0.05) is 6.92 Å². The molecule has 8 heteroatoms. The Bertz CT molecular complexity index is 1290. The van der Waals surface area contributed by atoms with E-state index in [1.54, 1.807) is 28.9 Å². The number of aryl methyl sites for hydroxylation is 1. The van der Waals surface area contributed by atoms with Gasteiger partial charge in [-0.25, -0.2) is 4.79 Å². The van der Waals surface area contributed by atoms with E-state index in [0.717, 1.165) is 57.5 Å². The zero-order valence-corrected chi connectivity index (χ0v) is 19.4. The van der Waals surface area contributed by atoms with Gasteiger partial charge in [-0.3, -0.25) is 15.1 Å². The first kappa shape index (κ1) is 20.9.